The van der Waals surface area contributed by atoms with Gasteiger partial charge in [-0.25, -0.2) is 13.2 Å². The Morgan fingerprint density at radius 1 is 1.00 bits per heavy atom. The first-order valence-corrected chi connectivity index (χ1v) is 6.93. The Bertz CT molecular complexity index is 599. The molecule has 0 amide bonds. The molecule has 0 heterocycles. The van der Waals surface area contributed by atoms with Crippen LogP contribution in [0.2, 0.25) is 0 Å². The largest absolute Gasteiger partial charge is 0.271 e. The van der Waals surface area contributed by atoms with Gasteiger partial charge in [0.15, 0.2) is 0 Å². The smallest absolute Gasteiger partial charge is 0.126 e. The number of nitrogens with one attached hydrogen (secondary N) is 1. The Kier molecular flexibility index (Phi) is 5.00. The van der Waals surface area contributed by atoms with E-state index in [2.05, 4.69) is 5.43 Å². The van der Waals surface area contributed by atoms with E-state index in [4.69, 9.17) is 5.84 Å². The molecule has 2 nitrogen and oxygen atoms in total. The second-order valence-corrected chi connectivity index (χ2v) is 5.53. The molecule has 0 aromatic heterocycles. The van der Waals surface area contributed by atoms with Crippen LogP contribution in [-0.2, 0) is 6.42 Å². The van der Waals surface area contributed by atoms with Crippen molar-refractivity contribution in [3.8, 4) is 0 Å². The molecule has 6 heteroatoms. The van der Waals surface area contributed by atoms with Crippen LogP contribution in [0, 0.1) is 21.0 Å². The molecule has 2 aromatic rings. The van der Waals surface area contributed by atoms with Crippen LogP contribution in [0.5, 0.6) is 0 Å². The van der Waals surface area contributed by atoms with Crippen LogP contribution in [0.1, 0.15) is 17.2 Å². The van der Waals surface area contributed by atoms with E-state index < -0.39 is 11.6 Å². The molecule has 3 N–H and O–H groups in total. The fraction of sp³-hybridized carbons (Fsp3) is 0.143. The molecule has 0 radical (unpaired) electrons. The average molecular weight is 392 g/mol. The summed E-state index contributed by atoms with van der Waals surface area (Å²) in [6.07, 6.45) is 0.298. The van der Waals surface area contributed by atoms with Crippen LogP contribution in [0.25, 0.3) is 0 Å². The van der Waals surface area contributed by atoms with Crippen molar-refractivity contribution in [2.24, 2.45) is 5.84 Å². The predicted octanol–water partition coefficient (Wildman–Crippen LogP) is 3.46. The van der Waals surface area contributed by atoms with Gasteiger partial charge in [0, 0.05) is 9.64 Å². The fourth-order valence-corrected chi connectivity index (χ4v) is 2.86. The topological polar surface area (TPSA) is 38.0 Å². The summed E-state index contributed by atoms with van der Waals surface area (Å²) in [6, 6.07) is 7.28. The van der Waals surface area contributed by atoms with Gasteiger partial charge in [-0.3, -0.25) is 11.3 Å². The highest BCUT2D eigenvalue weighted by Gasteiger charge is 2.15. The third kappa shape index (κ3) is 3.71. The Morgan fingerprint density at radius 3 is 2.20 bits per heavy atom. The number of hydrazine groups is 1. The minimum atomic E-state index is -0.635. The van der Waals surface area contributed by atoms with Crippen LogP contribution in [-0.4, -0.2) is 0 Å². The number of benzene rings is 2. The molecule has 0 aliphatic carbocycles. The lowest BCUT2D eigenvalue weighted by atomic mass is 9.99. The zero-order valence-electron chi connectivity index (χ0n) is 10.3. The maximum Gasteiger partial charge on any atom is 0.126 e. The molecule has 2 rings (SSSR count). The maximum absolute atomic E-state index is 13.2. The van der Waals surface area contributed by atoms with Gasteiger partial charge in [-0.2, -0.15) is 0 Å². The summed E-state index contributed by atoms with van der Waals surface area (Å²) in [5, 5.41) is 0. The van der Waals surface area contributed by atoms with Crippen LogP contribution in [0.4, 0.5) is 13.2 Å². The lowest BCUT2D eigenvalue weighted by molar-refractivity contribution is 0.536. The molecular weight excluding hydrogens is 380 g/mol. The quantitative estimate of drug-likeness (QED) is 0.475. The van der Waals surface area contributed by atoms with E-state index in [1.165, 1.54) is 24.3 Å². The summed E-state index contributed by atoms with van der Waals surface area (Å²) < 4.78 is 40.1. The van der Waals surface area contributed by atoms with Crippen molar-refractivity contribution in [1.82, 2.24) is 5.43 Å². The predicted molar refractivity (Wildman–Crippen MR) is 79.2 cm³/mol. The molecular formula is C14H12F3IN2. The number of halogens is 4. The molecule has 1 unspecified atom stereocenters. The van der Waals surface area contributed by atoms with Crippen LogP contribution in [0.3, 0.4) is 0 Å². The van der Waals surface area contributed by atoms with E-state index in [1.807, 2.05) is 22.6 Å². The number of hydrogen-bond donors (Lipinski definition) is 2. The van der Waals surface area contributed by atoms with Crippen LogP contribution in [0.15, 0.2) is 36.4 Å². The lowest BCUT2D eigenvalue weighted by Crippen LogP contribution is -2.30. The molecule has 0 saturated heterocycles. The Labute approximate surface area is 128 Å². The molecule has 0 spiro atoms. The fourth-order valence-electron chi connectivity index (χ4n) is 2.01. The molecule has 0 fully saturated rings. The summed E-state index contributed by atoms with van der Waals surface area (Å²) >= 11 is 2.00. The van der Waals surface area contributed by atoms with Gasteiger partial charge in [-0.15, -0.1) is 0 Å². The summed E-state index contributed by atoms with van der Waals surface area (Å²) in [6.45, 7) is 0. The first kappa shape index (κ1) is 15.3. The van der Waals surface area contributed by atoms with Gasteiger partial charge in [0.05, 0.1) is 6.04 Å². The maximum atomic E-state index is 13.2. The zero-order chi connectivity index (χ0) is 14.7. The van der Waals surface area contributed by atoms with E-state index >= 15 is 0 Å². The third-order valence-corrected chi connectivity index (χ3v) is 3.84. The number of nitrogens with two attached hydrogens (primary N) is 1. The summed E-state index contributed by atoms with van der Waals surface area (Å²) in [4.78, 5) is 0. The van der Waals surface area contributed by atoms with E-state index in [1.54, 1.807) is 6.07 Å². The minimum absolute atomic E-state index is 0.298. The van der Waals surface area contributed by atoms with Gasteiger partial charge in [-0.05, 0) is 64.4 Å². The lowest BCUT2D eigenvalue weighted by Gasteiger charge is -2.18. The van der Waals surface area contributed by atoms with Gasteiger partial charge in [0.1, 0.15) is 17.5 Å². The Balaban J connectivity index is 2.28. The zero-order valence-corrected chi connectivity index (χ0v) is 12.5. The minimum Gasteiger partial charge on any atom is -0.271 e. The second-order valence-electron chi connectivity index (χ2n) is 4.37. The summed E-state index contributed by atoms with van der Waals surface area (Å²) in [5.41, 5.74) is 3.85. The van der Waals surface area contributed by atoms with Gasteiger partial charge in [0.2, 0.25) is 0 Å². The van der Waals surface area contributed by atoms with Gasteiger partial charge >= 0.3 is 0 Å². The van der Waals surface area contributed by atoms with E-state index in [9.17, 15) is 13.2 Å². The van der Waals surface area contributed by atoms with Crippen molar-refractivity contribution in [3.05, 3.63) is 68.5 Å². The van der Waals surface area contributed by atoms with Crippen molar-refractivity contribution >= 4 is 22.6 Å². The Hall–Kier alpha value is -1.12. The van der Waals surface area contributed by atoms with Crippen molar-refractivity contribution in [2.45, 2.75) is 12.5 Å². The normalized spacial score (nSPS) is 12.4. The van der Waals surface area contributed by atoms with Crippen molar-refractivity contribution in [3.63, 3.8) is 0 Å². The highest BCUT2D eigenvalue weighted by atomic mass is 127. The highest BCUT2D eigenvalue weighted by Crippen LogP contribution is 2.24. The number of rotatable bonds is 4. The molecule has 0 bridgehead atoms. The highest BCUT2D eigenvalue weighted by molar-refractivity contribution is 14.1. The van der Waals surface area contributed by atoms with E-state index in [-0.39, 0.29) is 11.9 Å². The molecule has 20 heavy (non-hydrogen) atoms. The van der Waals surface area contributed by atoms with Crippen LogP contribution < -0.4 is 11.3 Å². The van der Waals surface area contributed by atoms with Crippen molar-refractivity contribution in [2.75, 3.05) is 0 Å². The number of hydrogen-bond acceptors (Lipinski definition) is 2. The SMILES string of the molecule is NNC(Cc1cc(F)cc(F)c1)c1ccc(F)cc1I. The van der Waals surface area contributed by atoms with E-state index in [0.717, 1.165) is 11.6 Å². The Morgan fingerprint density at radius 2 is 1.65 bits per heavy atom. The second kappa shape index (κ2) is 6.55. The van der Waals surface area contributed by atoms with Crippen LogP contribution >= 0.6 is 22.6 Å². The standard InChI is InChI=1S/C14H12F3IN2/c15-9-1-2-12(13(18)7-9)14(20-19)5-8-3-10(16)6-11(17)4-8/h1-4,6-7,14,20H,5,19H2. The van der Waals surface area contributed by atoms with Gasteiger partial charge in [-0.1, -0.05) is 6.07 Å². The molecule has 1 atom stereocenters. The first-order chi connectivity index (χ1) is 9.49. The summed E-state index contributed by atoms with van der Waals surface area (Å²) in [7, 11) is 0. The first-order valence-electron chi connectivity index (χ1n) is 5.85. The molecule has 106 valence electrons. The molecule has 2 aromatic carbocycles. The molecule has 0 aliphatic rings. The van der Waals surface area contributed by atoms with Gasteiger partial charge in [0.25, 0.3) is 0 Å². The monoisotopic (exact) mass is 392 g/mol. The summed E-state index contributed by atoms with van der Waals surface area (Å²) in [5.74, 6) is 3.89. The van der Waals surface area contributed by atoms with Gasteiger partial charge < -0.3 is 0 Å². The van der Waals surface area contributed by atoms with Crippen molar-refractivity contribution in [1.29, 1.82) is 0 Å². The average Bonchev–Trinajstić information content (AvgIpc) is 2.35. The van der Waals surface area contributed by atoms with E-state index in [0.29, 0.717) is 15.6 Å². The van der Waals surface area contributed by atoms with Crippen molar-refractivity contribution < 1.29 is 13.2 Å². The molecule has 0 saturated carbocycles. The third-order valence-electron chi connectivity index (χ3n) is 2.90. The molecule has 0 aliphatic heterocycles.